The number of hydrogen-bond donors (Lipinski definition) is 2. The second-order valence-electron chi connectivity index (χ2n) is 7.07. The van der Waals surface area contributed by atoms with E-state index in [1.54, 1.807) is 35.2 Å². The van der Waals surface area contributed by atoms with Crippen LogP contribution >= 0.6 is 22.7 Å². The van der Waals surface area contributed by atoms with E-state index in [-0.39, 0.29) is 23.6 Å². The van der Waals surface area contributed by atoms with Crippen molar-refractivity contribution in [3.05, 3.63) is 69.0 Å². The molecule has 1 unspecified atom stereocenters. The Morgan fingerprint density at radius 2 is 1.60 bits per heavy atom. The van der Waals surface area contributed by atoms with E-state index in [1.165, 1.54) is 22.7 Å². The fourth-order valence-electron chi connectivity index (χ4n) is 3.45. The first kappa shape index (κ1) is 20.3. The Labute approximate surface area is 182 Å². The topological polar surface area (TPSA) is 78.5 Å². The van der Waals surface area contributed by atoms with Crippen molar-refractivity contribution in [2.75, 3.05) is 23.7 Å². The van der Waals surface area contributed by atoms with Crippen LogP contribution in [-0.4, -0.2) is 35.7 Å². The fourth-order valence-corrected chi connectivity index (χ4v) is 4.76. The zero-order valence-corrected chi connectivity index (χ0v) is 17.8. The molecule has 1 aliphatic heterocycles. The molecule has 8 heteroatoms. The zero-order valence-electron chi connectivity index (χ0n) is 16.2. The first-order valence-electron chi connectivity index (χ1n) is 9.69. The van der Waals surface area contributed by atoms with E-state index >= 15 is 0 Å². The minimum Gasteiger partial charge on any atom is -0.337 e. The van der Waals surface area contributed by atoms with Crippen molar-refractivity contribution in [2.45, 2.75) is 12.8 Å². The van der Waals surface area contributed by atoms with Gasteiger partial charge in [-0.15, -0.1) is 22.7 Å². The van der Waals surface area contributed by atoms with Crippen LogP contribution in [0.4, 0.5) is 11.4 Å². The van der Waals surface area contributed by atoms with Gasteiger partial charge in [0.1, 0.15) is 0 Å². The van der Waals surface area contributed by atoms with Gasteiger partial charge in [-0.05, 0) is 53.9 Å². The normalized spacial score (nSPS) is 16.1. The molecule has 0 radical (unpaired) electrons. The molecule has 1 aliphatic rings. The number of anilines is 2. The summed E-state index contributed by atoms with van der Waals surface area (Å²) in [7, 11) is 0. The summed E-state index contributed by atoms with van der Waals surface area (Å²) >= 11 is 2.79. The summed E-state index contributed by atoms with van der Waals surface area (Å²) in [5, 5.41) is 9.50. The molecular weight excluding hydrogens is 418 g/mol. The number of amides is 3. The molecule has 3 amide bonds. The zero-order chi connectivity index (χ0) is 20.9. The molecule has 0 aliphatic carbocycles. The molecular formula is C22H21N3O3S2. The number of benzene rings is 1. The number of nitrogens with one attached hydrogen (secondary N) is 2. The summed E-state index contributed by atoms with van der Waals surface area (Å²) in [4.78, 5) is 40.7. The molecule has 1 saturated heterocycles. The number of hydrogen-bond acceptors (Lipinski definition) is 5. The molecule has 1 atom stereocenters. The Kier molecular flexibility index (Phi) is 6.25. The number of nitrogens with zero attached hydrogens (tertiary/aromatic N) is 1. The third kappa shape index (κ3) is 4.77. The molecule has 6 nitrogen and oxygen atoms in total. The summed E-state index contributed by atoms with van der Waals surface area (Å²) in [5.41, 5.74) is 1.23. The average Bonchev–Trinajstić information content (AvgIpc) is 3.48. The quantitative estimate of drug-likeness (QED) is 0.612. The number of likely N-dealkylation sites (tertiary alicyclic amines) is 1. The maximum atomic E-state index is 12.8. The largest absolute Gasteiger partial charge is 0.337 e. The molecule has 0 bridgehead atoms. The van der Waals surface area contributed by atoms with Crippen molar-refractivity contribution in [3.8, 4) is 0 Å². The lowest BCUT2D eigenvalue weighted by molar-refractivity contribution is -0.121. The highest BCUT2D eigenvalue weighted by Gasteiger charge is 2.29. The SMILES string of the molecule is O=C(Nc1cccc(NC(=O)C2CCCN(C(=O)c3cccs3)C2)c1)c1cccs1. The Balaban J connectivity index is 1.37. The number of thiophene rings is 2. The number of carbonyl (C=O) groups excluding carboxylic acids is 3. The predicted molar refractivity (Wildman–Crippen MR) is 120 cm³/mol. The predicted octanol–water partition coefficient (Wildman–Crippen LogP) is 4.55. The monoisotopic (exact) mass is 439 g/mol. The van der Waals surface area contributed by atoms with Gasteiger partial charge in [0.25, 0.3) is 11.8 Å². The molecule has 2 aromatic heterocycles. The Morgan fingerprint density at radius 1 is 0.900 bits per heavy atom. The first-order chi connectivity index (χ1) is 14.6. The molecule has 3 heterocycles. The van der Waals surface area contributed by atoms with Crippen LogP contribution in [0.25, 0.3) is 0 Å². The summed E-state index contributed by atoms with van der Waals surface area (Å²) in [6.45, 7) is 1.09. The van der Waals surface area contributed by atoms with E-state index in [4.69, 9.17) is 0 Å². The van der Waals surface area contributed by atoms with Crippen LogP contribution < -0.4 is 10.6 Å². The molecule has 2 N–H and O–H groups in total. The maximum absolute atomic E-state index is 12.8. The van der Waals surface area contributed by atoms with Gasteiger partial charge >= 0.3 is 0 Å². The van der Waals surface area contributed by atoms with Crippen molar-refractivity contribution in [3.63, 3.8) is 0 Å². The van der Waals surface area contributed by atoms with Crippen molar-refractivity contribution < 1.29 is 14.4 Å². The molecule has 0 spiro atoms. The van der Waals surface area contributed by atoms with Crippen molar-refractivity contribution in [2.24, 2.45) is 5.92 Å². The van der Waals surface area contributed by atoms with E-state index in [0.29, 0.717) is 34.2 Å². The van der Waals surface area contributed by atoms with E-state index in [9.17, 15) is 14.4 Å². The van der Waals surface area contributed by atoms with Crippen LogP contribution in [0.15, 0.2) is 59.3 Å². The summed E-state index contributed by atoms with van der Waals surface area (Å²) in [6.07, 6.45) is 1.54. The minimum atomic E-state index is -0.257. The second kappa shape index (κ2) is 9.23. The van der Waals surface area contributed by atoms with Crippen molar-refractivity contribution in [1.82, 2.24) is 4.90 Å². The standard InChI is InChI=1S/C22H21N3O3S2/c26-20(15-5-2-10-25(14-15)22(28)19-9-4-12-30-19)23-16-6-1-7-17(13-16)24-21(27)18-8-3-11-29-18/h1,3-4,6-9,11-13,15H,2,5,10,14H2,(H,23,26)(H,24,27). The summed E-state index contributed by atoms with van der Waals surface area (Å²) in [6, 6.07) is 14.3. The van der Waals surface area contributed by atoms with Crippen LogP contribution in [-0.2, 0) is 4.79 Å². The highest BCUT2D eigenvalue weighted by molar-refractivity contribution is 7.12. The lowest BCUT2D eigenvalue weighted by atomic mass is 9.97. The van der Waals surface area contributed by atoms with Gasteiger partial charge in [-0.25, -0.2) is 0 Å². The van der Waals surface area contributed by atoms with Gasteiger partial charge in [0.15, 0.2) is 0 Å². The summed E-state index contributed by atoms with van der Waals surface area (Å²) < 4.78 is 0. The summed E-state index contributed by atoms with van der Waals surface area (Å²) in [5.74, 6) is -0.559. The van der Waals surface area contributed by atoms with E-state index in [2.05, 4.69) is 10.6 Å². The van der Waals surface area contributed by atoms with Gasteiger partial charge in [0, 0.05) is 24.5 Å². The van der Waals surface area contributed by atoms with Gasteiger partial charge in [-0.2, -0.15) is 0 Å². The van der Waals surface area contributed by atoms with E-state index < -0.39 is 0 Å². The molecule has 154 valence electrons. The lowest BCUT2D eigenvalue weighted by Gasteiger charge is -2.31. The van der Waals surface area contributed by atoms with Crippen LogP contribution in [0, 0.1) is 5.92 Å². The Morgan fingerprint density at radius 3 is 2.30 bits per heavy atom. The Hall–Kier alpha value is -2.97. The van der Waals surface area contributed by atoms with Crippen LogP contribution in [0.2, 0.25) is 0 Å². The Bertz CT molecular complexity index is 1030. The van der Waals surface area contributed by atoms with E-state index in [1.807, 2.05) is 29.0 Å². The fraction of sp³-hybridized carbons (Fsp3) is 0.227. The van der Waals surface area contributed by atoms with Gasteiger partial charge in [0.2, 0.25) is 5.91 Å². The lowest BCUT2D eigenvalue weighted by Crippen LogP contribution is -2.43. The maximum Gasteiger partial charge on any atom is 0.265 e. The third-order valence-corrected chi connectivity index (χ3v) is 6.67. The molecule has 4 rings (SSSR count). The smallest absolute Gasteiger partial charge is 0.265 e. The molecule has 3 aromatic rings. The highest BCUT2D eigenvalue weighted by Crippen LogP contribution is 2.23. The number of piperidine rings is 1. The molecule has 1 aromatic carbocycles. The first-order valence-corrected chi connectivity index (χ1v) is 11.4. The number of carbonyl (C=O) groups is 3. The van der Waals surface area contributed by atoms with Crippen LogP contribution in [0.3, 0.4) is 0 Å². The van der Waals surface area contributed by atoms with Gasteiger partial charge in [-0.3, -0.25) is 14.4 Å². The molecule has 1 fully saturated rings. The molecule has 30 heavy (non-hydrogen) atoms. The van der Waals surface area contributed by atoms with Crippen molar-refractivity contribution >= 4 is 51.8 Å². The number of rotatable bonds is 5. The van der Waals surface area contributed by atoms with E-state index in [0.717, 1.165) is 12.8 Å². The average molecular weight is 440 g/mol. The highest BCUT2D eigenvalue weighted by atomic mass is 32.1. The third-order valence-electron chi connectivity index (χ3n) is 4.94. The van der Waals surface area contributed by atoms with Gasteiger partial charge in [-0.1, -0.05) is 18.2 Å². The van der Waals surface area contributed by atoms with Gasteiger partial charge < -0.3 is 15.5 Å². The minimum absolute atomic E-state index is 0.0132. The van der Waals surface area contributed by atoms with Crippen LogP contribution in [0.5, 0.6) is 0 Å². The van der Waals surface area contributed by atoms with Gasteiger partial charge in [0.05, 0.1) is 15.7 Å². The van der Waals surface area contributed by atoms with Crippen LogP contribution in [0.1, 0.15) is 32.2 Å². The van der Waals surface area contributed by atoms with Crippen molar-refractivity contribution in [1.29, 1.82) is 0 Å². The molecule has 0 saturated carbocycles. The second-order valence-corrected chi connectivity index (χ2v) is 8.96.